The van der Waals surface area contributed by atoms with Gasteiger partial charge >= 0.3 is 0 Å². The number of hydrogen-bond donors (Lipinski definition) is 2. The molecular weight excluding hydrogens is 304 g/mol. The summed E-state index contributed by atoms with van der Waals surface area (Å²) in [5.41, 5.74) is 1.08. The Balaban J connectivity index is 2.03. The van der Waals surface area contributed by atoms with E-state index in [0.29, 0.717) is 26.1 Å². The molecule has 1 aliphatic rings. The molecule has 0 aromatic heterocycles. The van der Waals surface area contributed by atoms with E-state index in [0.717, 1.165) is 11.3 Å². The van der Waals surface area contributed by atoms with Gasteiger partial charge in [-0.1, -0.05) is 12.1 Å². The van der Waals surface area contributed by atoms with Gasteiger partial charge in [0.15, 0.2) is 0 Å². The van der Waals surface area contributed by atoms with Crippen molar-refractivity contribution in [2.75, 3.05) is 32.5 Å². The predicted octanol–water partition coefficient (Wildman–Crippen LogP) is 0.742. The van der Waals surface area contributed by atoms with E-state index < -0.39 is 10.0 Å². The molecule has 22 heavy (non-hydrogen) atoms. The number of ether oxygens (including phenoxy) is 1. The Morgan fingerprint density at radius 3 is 2.91 bits per heavy atom. The number of likely N-dealkylation sites (tertiary alicyclic amines) is 1. The molecule has 0 spiro atoms. The molecule has 0 bridgehead atoms. The number of aliphatic hydroxyl groups excluding tert-OH is 1. The molecule has 1 heterocycles. The van der Waals surface area contributed by atoms with Gasteiger partial charge in [-0.3, -0.25) is 4.90 Å². The van der Waals surface area contributed by atoms with E-state index >= 15 is 0 Å². The third-order valence-electron chi connectivity index (χ3n) is 3.96. The van der Waals surface area contributed by atoms with Crippen molar-refractivity contribution in [1.82, 2.24) is 9.62 Å². The van der Waals surface area contributed by atoms with Crippen molar-refractivity contribution in [3.63, 3.8) is 0 Å². The van der Waals surface area contributed by atoms with Gasteiger partial charge in [0.05, 0.1) is 19.0 Å². The molecule has 2 rings (SSSR count). The van der Waals surface area contributed by atoms with E-state index in [1.54, 1.807) is 14.0 Å². The molecule has 1 saturated heterocycles. The summed E-state index contributed by atoms with van der Waals surface area (Å²) in [7, 11) is -1.55. The molecule has 0 amide bonds. The number of methoxy groups -OCH3 is 1. The zero-order valence-electron chi connectivity index (χ0n) is 13.0. The Bertz CT molecular complexity index is 591. The highest BCUT2D eigenvalue weighted by Gasteiger charge is 2.31. The second-order valence-corrected chi connectivity index (χ2v) is 7.57. The summed E-state index contributed by atoms with van der Waals surface area (Å²) in [5.74, 6) is 0.861. The minimum absolute atomic E-state index is 0.0783. The lowest BCUT2D eigenvalue weighted by Crippen LogP contribution is -2.36. The van der Waals surface area contributed by atoms with Crippen LogP contribution in [0.25, 0.3) is 0 Å². The maximum atomic E-state index is 11.5. The van der Waals surface area contributed by atoms with E-state index in [4.69, 9.17) is 4.74 Å². The van der Waals surface area contributed by atoms with Crippen LogP contribution in [0.15, 0.2) is 24.3 Å². The fourth-order valence-electron chi connectivity index (χ4n) is 2.77. The lowest BCUT2D eigenvalue weighted by molar-refractivity contribution is 0.176. The molecule has 0 unspecified atom stereocenters. The maximum absolute atomic E-state index is 11.5. The van der Waals surface area contributed by atoms with Gasteiger partial charge in [-0.05, 0) is 31.0 Å². The van der Waals surface area contributed by atoms with Gasteiger partial charge < -0.3 is 9.84 Å². The van der Waals surface area contributed by atoms with Gasteiger partial charge in [-0.2, -0.15) is 0 Å². The van der Waals surface area contributed by atoms with E-state index in [-0.39, 0.29) is 17.9 Å². The summed E-state index contributed by atoms with van der Waals surface area (Å²) in [6.07, 6.45) is 0.257. The summed E-state index contributed by atoms with van der Waals surface area (Å²) >= 11 is 0. The van der Waals surface area contributed by atoms with E-state index in [2.05, 4.69) is 9.62 Å². The highest BCUT2D eigenvalue weighted by molar-refractivity contribution is 7.89. The Kier molecular flexibility index (Phi) is 5.80. The van der Waals surface area contributed by atoms with Crippen molar-refractivity contribution in [2.45, 2.75) is 25.5 Å². The van der Waals surface area contributed by atoms with Crippen LogP contribution in [-0.2, 0) is 10.0 Å². The van der Waals surface area contributed by atoms with Crippen LogP contribution in [0, 0.1) is 0 Å². The fourth-order valence-corrected chi connectivity index (χ4v) is 3.38. The second-order valence-electron chi connectivity index (χ2n) is 5.47. The standard InChI is InChI=1S/C15H24N2O4S/c1-3-22(19,20)16-7-8-17-11-13(18)10-15(17)12-5-4-6-14(9-12)21-2/h4-6,9,13,15-16,18H,3,7-8,10-11H2,1-2H3/t13-,15+/m0/s1. The number of rotatable bonds is 7. The zero-order valence-corrected chi connectivity index (χ0v) is 13.8. The number of aliphatic hydroxyl groups is 1. The van der Waals surface area contributed by atoms with Crippen molar-refractivity contribution in [2.24, 2.45) is 0 Å². The summed E-state index contributed by atoms with van der Waals surface area (Å²) in [5, 5.41) is 9.95. The SMILES string of the molecule is CCS(=O)(=O)NCCN1C[C@@H](O)C[C@@H]1c1cccc(OC)c1. The molecule has 0 radical (unpaired) electrons. The van der Waals surface area contributed by atoms with Crippen LogP contribution in [0.5, 0.6) is 5.75 Å². The van der Waals surface area contributed by atoms with Crippen LogP contribution >= 0.6 is 0 Å². The average Bonchev–Trinajstić information content (AvgIpc) is 2.88. The first-order chi connectivity index (χ1) is 10.4. The monoisotopic (exact) mass is 328 g/mol. The first-order valence-corrected chi connectivity index (χ1v) is 9.14. The molecule has 1 aliphatic heterocycles. The van der Waals surface area contributed by atoms with Crippen LogP contribution in [0.2, 0.25) is 0 Å². The largest absolute Gasteiger partial charge is 0.497 e. The number of hydrogen-bond acceptors (Lipinski definition) is 5. The molecule has 124 valence electrons. The maximum Gasteiger partial charge on any atom is 0.211 e. The highest BCUT2D eigenvalue weighted by atomic mass is 32.2. The van der Waals surface area contributed by atoms with Gasteiger partial charge in [0.2, 0.25) is 10.0 Å². The third-order valence-corrected chi connectivity index (χ3v) is 5.36. The molecule has 0 aliphatic carbocycles. The first kappa shape index (κ1) is 17.2. The van der Waals surface area contributed by atoms with Crippen molar-refractivity contribution in [1.29, 1.82) is 0 Å². The summed E-state index contributed by atoms with van der Waals surface area (Å²) < 4.78 is 30.8. The molecule has 1 aromatic carbocycles. The minimum atomic E-state index is -3.18. The summed E-state index contributed by atoms with van der Waals surface area (Å²) in [4.78, 5) is 2.11. The lowest BCUT2D eigenvalue weighted by Gasteiger charge is -2.24. The normalized spacial score (nSPS) is 22.9. The van der Waals surface area contributed by atoms with E-state index in [9.17, 15) is 13.5 Å². The Morgan fingerprint density at radius 2 is 2.23 bits per heavy atom. The van der Waals surface area contributed by atoms with E-state index in [1.807, 2.05) is 24.3 Å². The van der Waals surface area contributed by atoms with Crippen LogP contribution in [0.4, 0.5) is 0 Å². The van der Waals surface area contributed by atoms with Crippen molar-refractivity contribution < 1.29 is 18.3 Å². The van der Waals surface area contributed by atoms with Crippen LogP contribution in [0.3, 0.4) is 0 Å². The Labute approximate surface area is 132 Å². The number of nitrogens with zero attached hydrogens (tertiary/aromatic N) is 1. The number of benzene rings is 1. The van der Waals surface area contributed by atoms with Crippen LogP contribution in [0.1, 0.15) is 24.9 Å². The lowest BCUT2D eigenvalue weighted by atomic mass is 10.0. The van der Waals surface area contributed by atoms with Gasteiger partial charge in [0.25, 0.3) is 0 Å². The van der Waals surface area contributed by atoms with Crippen LogP contribution < -0.4 is 9.46 Å². The molecular formula is C15H24N2O4S. The predicted molar refractivity (Wildman–Crippen MR) is 85.4 cm³/mol. The molecule has 6 nitrogen and oxygen atoms in total. The first-order valence-electron chi connectivity index (χ1n) is 7.48. The minimum Gasteiger partial charge on any atom is -0.497 e. The number of β-amino-alcohol motifs (C(OH)–C–C–N with tert-alkyl or cyclic N) is 1. The highest BCUT2D eigenvalue weighted by Crippen LogP contribution is 2.33. The molecule has 1 aromatic rings. The summed E-state index contributed by atoms with van der Waals surface area (Å²) in [6.45, 7) is 3.08. The number of sulfonamides is 1. The van der Waals surface area contributed by atoms with E-state index in [1.165, 1.54) is 0 Å². The Morgan fingerprint density at radius 1 is 1.45 bits per heavy atom. The van der Waals surface area contributed by atoms with Gasteiger partial charge in [-0.15, -0.1) is 0 Å². The average molecular weight is 328 g/mol. The molecule has 2 atom stereocenters. The fraction of sp³-hybridized carbons (Fsp3) is 0.600. The number of nitrogens with one attached hydrogen (secondary N) is 1. The topological polar surface area (TPSA) is 78.9 Å². The van der Waals surface area contributed by atoms with Gasteiger partial charge in [-0.25, -0.2) is 13.1 Å². The van der Waals surface area contributed by atoms with Crippen molar-refractivity contribution in [3.8, 4) is 5.75 Å². The molecule has 7 heteroatoms. The quantitative estimate of drug-likeness (QED) is 0.772. The van der Waals surface area contributed by atoms with Crippen LogP contribution in [-0.4, -0.2) is 57.0 Å². The van der Waals surface area contributed by atoms with Crippen molar-refractivity contribution >= 4 is 10.0 Å². The van der Waals surface area contributed by atoms with Gasteiger partial charge in [0.1, 0.15) is 5.75 Å². The second kappa shape index (κ2) is 7.41. The third kappa shape index (κ3) is 4.42. The summed E-state index contributed by atoms with van der Waals surface area (Å²) in [6, 6.07) is 7.86. The molecule has 2 N–H and O–H groups in total. The Hall–Kier alpha value is -1.15. The van der Waals surface area contributed by atoms with Crippen molar-refractivity contribution in [3.05, 3.63) is 29.8 Å². The molecule has 1 fully saturated rings. The van der Waals surface area contributed by atoms with Gasteiger partial charge in [0, 0.05) is 25.7 Å². The smallest absolute Gasteiger partial charge is 0.211 e. The zero-order chi connectivity index (χ0) is 16.2. The molecule has 0 saturated carbocycles.